The van der Waals surface area contributed by atoms with Crippen LogP contribution in [0.2, 0.25) is 0 Å². The number of rotatable bonds is 6. The molecule has 4 rings (SSSR count). The van der Waals surface area contributed by atoms with Crippen LogP contribution in [-0.2, 0) is 11.2 Å². The van der Waals surface area contributed by atoms with Crippen LogP contribution in [0, 0.1) is 0 Å². The van der Waals surface area contributed by atoms with Gasteiger partial charge < -0.3 is 19.7 Å². The van der Waals surface area contributed by atoms with E-state index in [0.717, 1.165) is 18.4 Å². The molecule has 1 atom stereocenters. The maximum absolute atomic E-state index is 13.1. The molecule has 0 saturated carbocycles. The summed E-state index contributed by atoms with van der Waals surface area (Å²) in [5.41, 5.74) is 1.62. The Kier molecular flexibility index (Phi) is 5.50. The minimum Gasteiger partial charge on any atom is -0.506 e. The molecule has 1 amide bonds. The van der Waals surface area contributed by atoms with E-state index in [1.54, 1.807) is 34.9 Å². The lowest BCUT2D eigenvalue weighted by atomic mass is 10.1. The van der Waals surface area contributed by atoms with Crippen molar-refractivity contribution in [2.75, 3.05) is 11.9 Å². The molecule has 160 valence electrons. The molecule has 1 aliphatic heterocycles. The lowest BCUT2D eigenvalue weighted by molar-refractivity contribution is 0.0499. The predicted molar refractivity (Wildman–Crippen MR) is 118 cm³/mol. The van der Waals surface area contributed by atoms with E-state index in [-0.39, 0.29) is 17.4 Å². The molecular weight excluding hydrogens is 396 g/mol. The Hall–Kier alpha value is -3.61. The summed E-state index contributed by atoms with van der Waals surface area (Å²) in [6.45, 7) is 4.29. The summed E-state index contributed by atoms with van der Waals surface area (Å²) in [4.78, 5) is 38.0. The minimum absolute atomic E-state index is 0.0995. The number of hydrogen-bond donors (Lipinski definition) is 2. The van der Waals surface area contributed by atoms with Gasteiger partial charge in [0.1, 0.15) is 11.3 Å². The molecule has 0 aliphatic carbocycles. The minimum atomic E-state index is -0.698. The zero-order valence-corrected chi connectivity index (χ0v) is 17.5. The lowest BCUT2D eigenvalue weighted by Crippen LogP contribution is -2.30. The second-order valence-electron chi connectivity index (χ2n) is 7.79. The number of hydrogen-bond acceptors (Lipinski definition) is 5. The monoisotopic (exact) mass is 420 g/mol. The number of carbonyl (C=O) groups is 2. The highest BCUT2D eigenvalue weighted by molar-refractivity contribution is 6.09. The summed E-state index contributed by atoms with van der Waals surface area (Å²) in [6.07, 6.45) is 2.40. The fraction of sp³-hybridized carbons (Fsp3) is 0.292. The van der Waals surface area contributed by atoms with Gasteiger partial charge in [0.25, 0.3) is 11.5 Å². The number of esters is 1. The Morgan fingerprint density at radius 2 is 1.94 bits per heavy atom. The van der Waals surface area contributed by atoms with Gasteiger partial charge in [-0.05, 0) is 55.7 Å². The average molecular weight is 420 g/mol. The van der Waals surface area contributed by atoms with Gasteiger partial charge in [0, 0.05) is 17.1 Å². The summed E-state index contributed by atoms with van der Waals surface area (Å²) in [6, 6.07) is 11.6. The van der Waals surface area contributed by atoms with E-state index >= 15 is 0 Å². The Balaban J connectivity index is 1.60. The Bertz CT molecular complexity index is 1230. The number of nitrogens with zero attached hydrogens (tertiary/aromatic N) is 1. The van der Waals surface area contributed by atoms with Gasteiger partial charge in [-0.25, -0.2) is 4.79 Å². The third-order valence-corrected chi connectivity index (χ3v) is 5.58. The molecule has 7 nitrogen and oxygen atoms in total. The number of unbranched alkanes of at least 4 members (excludes halogenated alkanes) is 1. The van der Waals surface area contributed by atoms with Crippen LogP contribution in [0.15, 0.2) is 47.3 Å². The number of ether oxygens (including phenoxy) is 1. The SMILES string of the molecule is CCCCOC(=O)c1ccc(NC(=O)c2c(O)c3cccc4c3n(c2=O)[C@@H](C)C4)cc1. The van der Waals surface area contributed by atoms with Crippen LogP contribution in [0.3, 0.4) is 0 Å². The summed E-state index contributed by atoms with van der Waals surface area (Å²) < 4.78 is 6.75. The summed E-state index contributed by atoms with van der Waals surface area (Å²) in [5.74, 6) is -1.44. The first-order chi connectivity index (χ1) is 14.9. The smallest absolute Gasteiger partial charge is 0.338 e. The highest BCUT2D eigenvalue weighted by Crippen LogP contribution is 2.36. The van der Waals surface area contributed by atoms with Crippen LogP contribution < -0.4 is 10.9 Å². The largest absolute Gasteiger partial charge is 0.506 e. The molecule has 0 saturated heterocycles. The molecule has 7 heteroatoms. The standard InChI is InChI=1S/C24H24N2O5/c1-3-4-12-31-24(30)15-8-10-17(11-9-15)25-22(28)19-21(27)18-7-5-6-16-13-14(2)26(20(16)18)23(19)29/h5-11,14,27H,3-4,12-13H2,1-2H3,(H,25,28)/t14-/m0/s1. The van der Waals surface area contributed by atoms with E-state index in [1.165, 1.54) is 0 Å². The van der Waals surface area contributed by atoms with Crippen LogP contribution >= 0.6 is 0 Å². The fourth-order valence-electron chi connectivity index (χ4n) is 4.00. The van der Waals surface area contributed by atoms with Crippen LogP contribution in [0.5, 0.6) is 5.75 Å². The molecule has 0 unspecified atom stereocenters. The van der Waals surface area contributed by atoms with Gasteiger partial charge in [0.15, 0.2) is 0 Å². The van der Waals surface area contributed by atoms with Gasteiger partial charge in [-0.3, -0.25) is 9.59 Å². The van der Waals surface area contributed by atoms with Crippen molar-refractivity contribution in [2.24, 2.45) is 0 Å². The summed E-state index contributed by atoms with van der Waals surface area (Å²) in [5, 5.41) is 13.9. The van der Waals surface area contributed by atoms with E-state index < -0.39 is 17.4 Å². The van der Waals surface area contributed by atoms with Crippen LogP contribution in [0.1, 0.15) is 59.0 Å². The number of aromatic nitrogens is 1. The Morgan fingerprint density at radius 1 is 1.19 bits per heavy atom. The molecule has 0 radical (unpaired) electrons. The quantitative estimate of drug-likeness (QED) is 0.463. The molecule has 31 heavy (non-hydrogen) atoms. The molecule has 1 aromatic heterocycles. The second kappa shape index (κ2) is 8.26. The van der Waals surface area contributed by atoms with Crippen molar-refractivity contribution in [2.45, 2.75) is 39.2 Å². The molecule has 2 aromatic carbocycles. The molecule has 1 aliphatic rings. The van der Waals surface area contributed by atoms with Gasteiger partial charge in [-0.2, -0.15) is 0 Å². The molecule has 2 heterocycles. The predicted octanol–water partition coefficient (Wildman–Crippen LogP) is 4.03. The molecule has 0 bridgehead atoms. The van der Waals surface area contributed by atoms with E-state index in [4.69, 9.17) is 4.74 Å². The Labute approximate surface area is 179 Å². The fourth-order valence-corrected chi connectivity index (χ4v) is 4.00. The molecule has 0 spiro atoms. The normalized spacial score (nSPS) is 14.6. The van der Waals surface area contributed by atoms with Gasteiger partial charge >= 0.3 is 5.97 Å². The molecule has 2 N–H and O–H groups in total. The van der Waals surface area contributed by atoms with Crippen molar-refractivity contribution < 1.29 is 19.4 Å². The maximum Gasteiger partial charge on any atom is 0.338 e. The highest BCUT2D eigenvalue weighted by Gasteiger charge is 2.29. The third kappa shape index (κ3) is 3.67. The van der Waals surface area contributed by atoms with Crippen molar-refractivity contribution in [1.29, 1.82) is 0 Å². The van der Waals surface area contributed by atoms with Gasteiger partial charge in [0.2, 0.25) is 0 Å². The van der Waals surface area contributed by atoms with Crippen LogP contribution in [0.4, 0.5) is 5.69 Å². The zero-order valence-electron chi connectivity index (χ0n) is 17.5. The van der Waals surface area contributed by atoms with Crippen molar-refractivity contribution in [3.8, 4) is 5.75 Å². The number of aromatic hydroxyl groups is 1. The number of para-hydroxylation sites is 1. The molecule has 0 fully saturated rings. The van der Waals surface area contributed by atoms with E-state index in [1.807, 2.05) is 26.0 Å². The van der Waals surface area contributed by atoms with Crippen LogP contribution in [-0.4, -0.2) is 28.2 Å². The van der Waals surface area contributed by atoms with Crippen molar-refractivity contribution in [3.05, 3.63) is 69.5 Å². The first-order valence-electron chi connectivity index (χ1n) is 10.4. The second-order valence-corrected chi connectivity index (χ2v) is 7.79. The van der Waals surface area contributed by atoms with Gasteiger partial charge in [-0.1, -0.05) is 25.5 Å². The molecule has 3 aromatic rings. The number of benzene rings is 2. The van der Waals surface area contributed by atoms with Crippen molar-refractivity contribution in [1.82, 2.24) is 4.57 Å². The van der Waals surface area contributed by atoms with Gasteiger partial charge in [0.05, 0.1) is 17.7 Å². The van der Waals surface area contributed by atoms with Gasteiger partial charge in [-0.15, -0.1) is 0 Å². The van der Waals surface area contributed by atoms with E-state index in [2.05, 4.69) is 5.32 Å². The Morgan fingerprint density at radius 3 is 2.65 bits per heavy atom. The first kappa shape index (κ1) is 20.7. The van der Waals surface area contributed by atoms with Crippen molar-refractivity contribution >= 4 is 28.5 Å². The third-order valence-electron chi connectivity index (χ3n) is 5.58. The number of amides is 1. The van der Waals surface area contributed by atoms with E-state index in [9.17, 15) is 19.5 Å². The number of carbonyl (C=O) groups excluding carboxylic acids is 2. The zero-order chi connectivity index (χ0) is 22.1. The number of nitrogens with one attached hydrogen (secondary N) is 1. The summed E-state index contributed by atoms with van der Waals surface area (Å²) in [7, 11) is 0. The van der Waals surface area contributed by atoms with Crippen molar-refractivity contribution in [3.63, 3.8) is 0 Å². The first-order valence-corrected chi connectivity index (χ1v) is 10.4. The van der Waals surface area contributed by atoms with Crippen LogP contribution in [0.25, 0.3) is 10.9 Å². The lowest BCUT2D eigenvalue weighted by Gasteiger charge is -2.14. The van der Waals surface area contributed by atoms with E-state index in [0.29, 0.717) is 35.2 Å². The average Bonchev–Trinajstić information content (AvgIpc) is 3.09. The number of pyridine rings is 1. The highest BCUT2D eigenvalue weighted by atomic mass is 16.5. The maximum atomic E-state index is 13.1. The summed E-state index contributed by atoms with van der Waals surface area (Å²) >= 11 is 0. The molecular formula is C24H24N2O5. The number of anilines is 1. The topological polar surface area (TPSA) is 97.6 Å².